The molecule has 2 rings (SSSR count). The maximum absolute atomic E-state index is 13.6. The molecule has 0 unspecified atom stereocenters. The van der Waals surface area contributed by atoms with Gasteiger partial charge in [-0.25, -0.2) is 4.39 Å². The van der Waals surface area contributed by atoms with Crippen LogP contribution >= 0.6 is 31.9 Å². The predicted molar refractivity (Wildman–Crippen MR) is 84.3 cm³/mol. The summed E-state index contributed by atoms with van der Waals surface area (Å²) in [6, 6.07) is 12.2. The molecule has 20 heavy (non-hydrogen) atoms. The number of hydrogen-bond donors (Lipinski definition) is 1. The smallest absolute Gasteiger partial charge is 0.254 e. The van der Waals surface area contributed by atoms with Crippen molar-refractivity contribution in [1.82, 2.24) is 5.32 Å². The fourth-order valence-electron chi connectivity index (χ4n) is 1.70. The van der Waals surface area contributed by atoms with E-state index >= 15 is 0 Å². The molecule has 0 radical (unpaired) electrons. The minimum absolute atomic E-state index is 0.0466. The van der Waals surface area contributed by atoms with Gasteiger partial charge in [0.05, 0.1) is 5.56 Å². The maximum Gasteiger partial charge on any atom is 0.254 e. The van der Waals surface area contributed by atoms with E-state index in [9.17, 15) is 9.18 Å². The van der Waals surface area contributed by atoms with Gasteiger partial charge in [0, 0.05) is 16.3 Å². The van der Waals surface area contributed by atoms with Gasteiger partial charge in [-0.2, -0.15) is 0 Å². The molecule has 0 saturated carbocycles. The lowest BCUT2D eigenvalue weighted by Gasteiger charge is -2.07. The van der Waals surface area contributed by atoms with Gasteiger partial charge in [-0.05, 0) is 29.3 Å². The summed E-state index contributed by atoms with van der Waals surface area (Å²) < 4.78 is 14.2. The molecule has 0 bridgehead atoms. The van der Waals surface area contributed by atoms with Crippen molar-refractivity contribution in [2.24, 2.45) is 0 Å². The van der Waals surface area contributed by atoms with Gasteiger partial charge in [-0.15, -0.1) is 0 Å². The van der Waals surface area contributed by atoms with Crippen LogP contribution in [0.2, 0.25) is 0 Å². The first-order valence-electron chi connectivity index (χ1n) is 5.97. The lowest BCUT2D eigenvalue weighted by Crippen LogP contribution is -2.23. The highest BCUT2D eigenvalue weighted by Crippen LogP contribution is 2.15. The standard InChI is InChI=1S/C15H12Br2FNO/c16-8-10-1-3-11(4-2-10)9-19-15(20)13-6-5-12(17)7-14(13)18/h1-7H,8-9H2,(H,19,20). The molecule has 0 fully saturated rings. The van der Waals surface area contributed by atoms with E-state index in [2.05, 4.69) is 37.2 Å². The fourth-order valence-corrected chi connectivity index (χ4v) is 2.40. The summed E-state index contributed by atoms with van der Waals surface area (Å²) in [7, 11) is 0. The molecule has 0 heterocycles. The quantitative estimate of drug-likeness (QED) is 0.756. The molecule has 0 saturated heterocycles. The molecule has 5 heteroatoms. The van der Waals surface area contributed by atoms with Crippen LogP contribution in [0.15, 0.2) is 46.9 Å². The Kier molecular flexibility index (Phi) is 5.31. The van der Waals surface area contributed by atoms with E-state index in [0.717, 1.165) is 10.9 Å². The first kappa shape index (κ1) is 15.2. The monoisotopic (exact) mass is 399 g/mol. The summed E-state index contributed by atoms with van der Waals surface area (Å²) in [5, 5.41) is 3.50. The van der Waals surface area contributed by atoms with Crippen molar-refractivity contribution in [3.8, 4) is 0 Å². The molecule has 0 aliphatic heterocycles. The normalized spacial score (nSPS) is 10.3. The van der Waals surface area contributed by atoms with Gasteiger partial charge in [-0.3, -0.25) is 4.79 Å². The molecule has 0 spiro atoms. The summed E-state index contributed by atoms with van der Waals surface area (Å²) in [6.45, 7) is 0.372. The van der Waals surface area contributed by atoms with E-state index in [-0.39, 0.29) is 5.56 Å². The van der Waals surface area contributed by atoms with Gasteiger partial charge < -0.3 is 5.32 Å². The van der Waals surface area contributed by atoms with Crippen molar-refractivity contribution in [3.63, 3.8) is 0 Å². The number of rotatable bonds is 4. The Bertz CT molecular complexity index is 614. The van der Waals surface area contributed by atoms with E-state index in [1.54, 1.807) is 6.07 Å². The van der Waals surface area contributed by atoms with Crippen molar-refractivity contribution in [1.29, 1.82) is 0 Å². The average molecular weight is 401 g/mol. The number of nitrogens with one attached hydrogen (secondary N) is 1. The largest absolute Gasteiger partial charge is 0.348 e. The Labute approximate surface area is 133 Å². The molecule has 0 aliphatic carbocycles. The molecule has 2 aromatic carbocycles. The zero-order valence-corrected chi connectivity index (χ0v) is 13.7. The highest BCUT2D eigenvalue weighted by molar-refractivity contribution is 9.10. The Balaban J connectivity index is 2.00. The number of hydrogen-bond acceptors (Lipinski definition) is 1. The molecule has 1 amide bonds. The summed E-state index contributed by atoms with van der Waals surface area (Å²) in [4.78, 5) is 11.9. The zero-order valence-electron chi connectivity index (χ0n) is 10.5. The second-order valence-electron chi connectivity index (χ2n) is 4.26. The summed E-state index contributed by atoms with van der Waals surface area (Å²) in [6.07, 6.45) is 0. The van der Waals surface area contributed by atoms with Crippen LogP contribution in [0.25, 0.3) is 0 Å². The van der Waals surface area contributed by atoms with Crippen LogP contribution < -0.4 is 5.32 Å². The second-order valence-corrected chi connectivity index (χ2v) is 5.73. The van der Waals surface area contributed by atoms with Gasteiger partial charge in [0.2, 0.25) is 0 Å². The van der Waals surface area contributed by atoms with Crippen molar-refractivity contribution >= 4 is 37.8 Å². The van der Waals surface area contributed by atoms with E-state index in [1.165, 1.54) is 17.7 Å². The SMILES string of the molecule is O=C(NCc1ccc(CBr)cc1)c1ccc(Br)cc1F. The molecule has 1 N–H and O–H groups in total. The zero-order chi connectivity index (χ0) is 14.5. The van der Waals surface area contributed by atoms with Gasteiger partial charge in [0.15, 0.2) is 0 Å². The minimum atomic E-state index is -0.536. The van der Waals surface area contributed by atoms with Crippen molar-refractivity contribution in [2.75, 3.05) is 0 Å². The van der Waals surface area contributed by atoms with Crippen LogP contribution in [0.1, 0.15) is 21.5 Å². The number of amides is 1. The van der Waals surface area contributed by atoms with Gasteiger partial charge in [0.25, 0.3) is 5.91 Å². The number of carbonyl (C=O) groups excluding carboxylic acids is 1. The molecule has 2 nitrogen and oxygen atoms in total. The number of halogens is 3. The highest BCUT2D eigenvalue weighted by Gasteiger charge is 2.11. The fraction of sp³-hybridized carbons (Fsp3) is 0.133. The van der Waals surface area contributed by atoms with E-state index in [4.69, 9.17) is 0 Å². The van der Waals surface area contributed by atoms with Gasteiger partial charge >= 0.3 is 0 Å². The Morgan fingerprint density at radius 1 is 1.10 bits per heavy atom. The van der Waals surface area contributed by atoms with Crippen LogP contribution in [-0.2, 0) is 11.9 Å². The van der Waals surface area contributed by atoms with Crippen molar-refractivity contribution < 1.29 is 9.18 Å². The number of alkyl halides is 1. The third kappa shape index (κ3) is 3.90. The van der Waals surface area contributed by atoms with Gasteiger partial charge in [-0.1, -0.05) is 56.1 Å². The first-order chi connectivity index (χ1) is 9.60. The van der Waals surface area contributed by atoms with Crippen LogP contribution in [-0.4, -0.2) is 5.91 Å². The molecule has 2 aromatic rings. The lowest BCUT2D eigenvalue weighted by atomic mass is 10.1. The maximum atomic E-state index is 13.6. The second kappa shape index (κ2) is 6.99. The van der Waals surface area contributed by atoms with Crippen LogP contribution in [0.3, 0.4) is 0 Å². The molecule has 104 valence electrons. The average Bonchev–Trinajstić information content (AvgIpc) is 2.45. The van der Waals surface area contributed by atoms with E-state index < -0.39 is 11.7 Å². The Hall–Kier alpha value is -1.20. The van der Waals surface area contributed by atoms with Crippen molar-refractivity contribution in [3.05, 3.63) is 69.4 Å². The summed E-state index contributed by atoms with van der Waals surface area (Å²) in [5.74, 6) is -0.953. The Morgan fingerprint density at radius 2 is 1.75 bits per heavy atom. The molecule has 0 atom stereocenters. The van der Waals surface area contributed by atoms with E-state index in [0.29, 0.717) is 11.0 Å². The van der Waals surface area contributed by atoms with Crippen molar-refractivity contribution in [2.45, 2.75) is 11.9 Å². The first-order valence-corrected chi connectivity index (χ1v) is 7.88. The molecular formula is C15H12Br2FNO. The van der Waals surface area contributed by atoms with E-state index in [1.807, 2.05) is 24.3 Å². The van der Waals surface area contributed by atoms with Crippen LogP contribution in [0, 0.1) is 5.82 Å². The summed E-state index contributed by atoms with van der Waals surface area (Å²) >= 11 is 6.53. The highest BCUT2D eigenvalue weighted by atomic mass is 79.9. The predicted octanol–water partition coefficient (Wildman–Crippen LogP) is 4.41. The third-order valence-electron chi connectivity index (χ3n) is 2.81. The summed E-state index contributed by atoms with van der Waals surface area (Å²) in [5.41, 5.74) is 2.19. The minimum Gasteiger partial charge on any atom is -0.348 e. The van der Waals surface area contributed by atoms with Crippen LogP contribution in [0.5, 0.6) is 0 Å². The molecule has 0 aromatic heterocycles. The Morgan fingerprint density at radius 3 is 2.35 bits per heavy atom. The van der Waals surface area contributed by atoms with Gasteiger partial charge in [0.1, 0.15) is 5.82 Å². The topological polar surface area (TPSA) is 29.1 Å². The lowest BCUT2D eigenvalue weighted by molar-refractivity contribution is 0.0947. The molecule has 0 aliphatic rings. The van der Waals surface area contributed by atoms with Crippen LogP contribution in [0.4, 0.5) is 4.39 Å². The number of benzene rings is 2. The number of carbonyl (C=O) groups is 1. The molecular weight excluding hydrogens is 389 g/mol. The third-order valence-corrected chi connectivity index (χ3v) is 3.95.